The molecule has 2 heterocycles. The lowest BCUT2D eigenvalue weighted by molar-refractivity contribution is 0.483. The van der Waals surface area contributed by atoms with Crippen LogP contribution in [0.2, 0.25) is 0 Å². The second-order valence-corrected chi connectivity index (χ2v) is 7.28. The summed E-state index contributed by atoms with van der Waals surface area (Å²) in [5.41, 5.74) is 0. The molecule has 2 aromatic heterocycles. The third-order valence-electron chi connectivity index (χ3n) is 1.85. The van der Waals surface area contributed by atoms with Gasteiger partial charge >= 0.3 is 0 Å². The third-order valence-corrected chi connectivity index (χ3v) is 4.02. The monoisotopic (exact) mass is 336 g/mol. The van der Waals surface area contributed by atoms with Crippen LogP contribution in [-0.2, 0) is 19.2 Å². The van der Waals surface area contributed by atoms with Crippen LogP contribution in [0.25, 0.3) is 0 Å². The van der Waals surface area contributed by atoms with Crippen LogP contribution in [0.4, 0.5) is 0 Å². The van der Waals surface area contributed by atoms with E-state index in [9.17, 15) is 16.8 Å². The smallest absolute Gasteiger partial charge is 0.282 e. The molecule has 2 rings (SSSR count). The van der Waals surface area contributed by atoms with Crippen molar-refractivity contribution in [3.05, 3.63) is 49.1 Å². The first-order chi connectivity index (χ1) is 9.21. The topological polar surface area (TPSA) is 114 Å². The summed E-state index contributed by atoms with van der Waals surface area (Å²) >= 11 is 0. The predicted molar refractivity (Wildman–Crippen MR) is 71.3 cm³/mol. The maximum atomic E-state index is 10.6. The first-order valence-electron chi connectivity index (χ1n) is 4.93. The van der Waals surface area contributed by atoms with E-state index in [1.54, 1.807) is 0 Å². The molecule has 0 unspecified atom stereocenters. The van der Waals surface area contributed by atoms with Crippen LogP contribution in [0.1, 0.15) is 0 Å². The van der Waals surface area contributed by atoms with E-state index in [0.29, 0.717) is 0 Å². The molecular formula is C10H9ClN2O5S2. The van der Waals surface area contributed by atoms with Crippen molar-refractivity contribution in [2.75, 3.05) is 0 Å². The molecule has 0 saturated carbocycles. The van der Waals surface area contributed by atoms with Crippen LogP contribution in [0.3, 0.4) is 0 Å². The zero-order valence-corrected chi connectivity index (χ0v) is 12.2. The summed E-state index contributed by atoms with van der Waals surface area (Å²) in [4.78, 5) is 6.94. The summed E-state index contributed by atoms with van der Waals surface area (Å²) in [5, 5.41) is 0. The molecule has 0 aliphatic rings. The number of halogens is 1. The third kappa shape index (κ3) is 5.61. The molecule has 0 saturated heterocycles. The Morgan fingerprint density at radius 1 is 0.900 bits per heavy atom. The minimum atomic E-state index is -4.07. The highest BCUT2D eigenvalue weighted by molar-refractivity contribution is 8.13. The minimum Gasteiger partial charge on any atom is -0.282 e. The number of hydrogen-bond acceptors (Lipinski definition) is 6. The molecule has 7 nitrogen and oxygen atoms in total. The SMILES string of the molecule is O=S(=O)(Cl)c1cccnc1.O=S(=O)(O)c1cccnc1. The molecule has 108 valence electrons. The Labute approximate surface area is 120 Å². The lowest BCUT2D eigenvalue weighted by Crippen LogP contribution is -1.97. The van der Waals surface area contributed by atoms with Crippen LogP contribution >= 0.6 is 10.7 Å². The number of pyridine rings is 2. The summed E-state index contributed by atoms with van der Waals surface area (Å²) in [7, 11) is -2.67. The fourth-order valence-electron chi connectivity index (χ4n) is 0.991. The van der Waals surface area contributed by atoms with Gasteiger partial charge < -0.3 is 0 Å². The van der Waals surface area contributed by atoms with Gasteiger partial charge in [0.15, 0.2) is 0 Å². The second-order valence-electron chi connectivity index (χ2n) is 3.29. The fourth-order valence-corrected chi connectivity index (χ4v) is 2.14. The molecule has 2 aromatic rings. The van der Waals surface area contributed by atoms with E-state index in [-0.39, 0.29) is 9.79 Å². The molecule has 0 atom stereocenters. The maximum Gasteiger partial charge on any atom is 0.296 e. The van der Waals surface area contributed by atoms with Gasteiger partial charge in [0.05, 0.1) is 0 Å². The van der Waals surface area contributed by atoms with Gasteiger partial charge in [0, 0.05) is 35.5 Å². The van der Waals surface area contributed by atoms with Gasteiger partial charge in [-0.3, -0.25) is 14.5 Å². The standard InChI is InChI=1S/C5H4ClNO2S.C5H5NO3S/c6-10(8,9)5-2-1-3-7-4-5;7-10(8,9)5-2-1-3-6-4-5/h1-4H;1-4H,(H,7,8,9). The second kappa shape index (κ2) is 6.75. The summed E-state index contributed by atoms with van der Waals surface area (Å²) in [6.45, 7) is 0. The molecule has 0 radical (unpaired) electrons. The average molecular weight is 337 g/mol. The van der Waals surface area contributed by atoms with E-state index in [4.69, 9.17) is 15.2 Å². The zero-order valence-electron chi connectivity index (χ0n) is 9.79. The van der Waals surface area contributed by atoms with Crippen molar-refractivity contribution in [3.63, 3.8) is 0 Å². The average Bonchev–Trinajstić information content (AvgIpc) is 2.40. The van der Waals surface area contributed by atoms with Gasteiger partial charge in [0.1, 0.15) is 9.79 Å². The van der Waals surface area contributed by atoms with E-state index in [2.05, 4.69) is 9.97 Å². The molecule has 1 N–H and O–H groups in total. The first kappa shape index (κ1) is 16.5. The summed E-state index contributed by atoms with van der Waals surface area (Å²) < 4.78 is 50.2. The van der Waals surface area contributed by atoms with Crippen molar-refractivity contribution >= 4 is 29.9 Å². The molecule has 0 spiro atoms. The minimum absolute atomic E-state index is 0.0247. The molecule has 0 amide bonds. The zero-order chi connectivity index (χ0) is 15.2. The highest BCUT2D eigenvalue weighted by Gasteiger charge is 2.07. The van der Waals surface area contributed by atoms with Crippen LogP contribution in [0.15, 0.2) is 58.8 Å². The molecule has 0 aromatic carbocycles. The largest absolute Gasteiger partial charge is 0.296 e. The van der Waals surface area contributed by atoms with Crippen LogP contribution < -0.4 is 0 Å². The van der Waals surface area contributed by atoms with E-state index in [1.807, 2.05) is 0 Å². The van der Waals surface area contributed by atoms with Crippen LogP contribution in [0, 0.1) is 0 Å². The van der Waals surface area contributed by atoms with Gasteiger partial charge in [0.25, 0.3) is 19.2 Å². The van der Waals surface area contributed by atoms with Gasteiger partial charge in [-0.2, -0.15) is 8.42 Å². The van der Waals surface area contributed by atoms with Crippen LogP contribution in [0.5, 0.6) is 0 Å². The lowest BCUT2D eigenvalue weighted by Gasteiger charge is -1.91. The Hall–Kier alpha value is -1.55. The number of nitrogens with zero attached hydrogens (tertiary/aromatic N) is 2. The quantitative estimate of drug-likeness (QED) is 0.650. The maximum absolute atomic E-state index is 10.6. The van der Waals surface area contributed by atoms with Crippen LogP contribution in [-0.4, -0.2) is 31.4 Å². The molecule has 0 fully saturated rings. The highest BCUT2D eigenvalue weighted by atomic mass is 35.7. The van der Waals surface area contributed by atoms with Gasteiger partial charge in [0.2, 0.25) is 0 Å². The Balaban J connectivity index is 0.000000200. The Bertz CT molecular complexity index is 681. The van der Waals surface area contributed by atoms with E-state index in [0.717, 1.165) is 6.20 Å². The lowest BCUT2D eigenvalue weighted by atomic mass is 10.5. The van der Waals surface area contributed by atoms with Crippen molar-refractivity contribution in [2.24, 2.45) is 0 Å². The molecule has 0 aliphatic heterocycles. The molecule has 0 aliphatic carbocycles. The highest BCUT2D eigenvalue weighted by Crippen LogP contribution is 2.11. The number of hydrogen-bond donors (Lipinski definition) is 1. The van der Waals surface area contributed by atoms with Crippen molar-refractivity contribution in [2.45, 2.75) is 9.79 Å². The summed E-state index contributed by atoms with van der Waals surface area (Å²) in [6, 6.07) is 5.59. The molecular weight excluding hydrogens is 328 g/mol. The molecule has 10 heteroatoms. The number of aromatic nitrogens is 2. The van der Waals surface area contributed by atoms with E-state index >= 15 is 0 Å². The molecule has 20 heavy (non-hydrogen) atoms. The molecule has 0 bridgehead atoms. The Morgan fingerprint density at radius 3 is 1.55 bits per heavy atom. The Morgan fingerprint density at radius 2 is 1.35 bits per heavy atom. The van der Waals surface area contributed by atoms with Crippen molar-refractivity contribution < 1.29 is 21.4 Å². The van der Waals surface area contributed by atoms with Crippen molar-refractivity contribution in [1.82, 2.24) is 9.97 Å². The van der Waals surface area contributed by atoms with Gasteiger partial charge in [-0.15, -0.1) is 0 Å². The first-order valence-corrected chi connectivity index (χ1v) is 8.68. The number of rotatable bonds is 2. The normalized spacial score (nSPS) is 11.3. The van der Waals surface area contributed by atoms with E-state index in [1.165, 1.54) is 42.9 Å². The van der Waals surface area contributed by atoms with Crippen molar-refractivity contribution in [1.29, 1.82) is 0 Å². The summed E-state index contributed by atoms with van der Waals surface area (Å²) in [5.74, 6) is 0. The summed E-state index contributed by atoms with van der Waals surface area (Å²) in [6.07, 6.45) is 5.18. The van der Waals surface area contributed by atoms with Crippen molar-refractivity contribution in [3.8, 4) is 0 Å². The van der Waals surface area contributed by atoms with Gasteiger partial charge in [-0.25, -0.2) is 8.42 Å². The van der Waals surface area contributed by atoms with Gasteiger partial charge in [-0.1, -0.05) is 0 Å². The van der Waals surface area contributed by atoms with E-state index < -0.39 is 19.2 Å². The predicted octanol–water partition coefficient (Wildman–Crippen LogP) is 1.34. The fraction of sp³-hybridized carbons (Fsp3) is 0. The van der Waals surface area contributed by atoms with Gasteiger partial charge in [-0.05, 0) is 24.3 Å². The Kier molecular flexibility index (Phi) is 5.57.